The summed E-state index contributed by atoms with van der Waals surface area (Å²) in [6, 6.07) is 5.50. The van der Waals surface area contributed by atoms with Gasteiger partial charge in [-0.25, -0.2) is 0 Å². The maximum Gasteiger partial charge on any atom is 0.120 e. The van der Waals surface area contributed by atoms with Crippen LogP contribution in [0.3, 0.4) is 0 Å². The van der Waals surface area contributed by atoms with Crippen LogP contribution in [0.15, 0.2) is 18.2 Å². The van der Waals surface area contributed by atoms with Crippen LogP contribution in [0, 0.1) is 0 Å². The molecule has 0 unspecified atom stereocenters. The van der Waals surface area contributed by atoms with Gasteiger partial charge in [0.1, 0.15) is 5.75 Å². The third kappa shape index (κ3) is 2.18. The summed E-state index contributed by atoms with van der Waals surface area (Å²) in [7, 11) is 1.61. The van der Waals surface area contributed by atoms with E-state index in [0.717, 1.165) is 37.0 Å². The van der Waals surface area contributed by atoms with E-state index in [0.29, 0.717) is 5.02 Å². The van der Waals surface area contributed by atoms with Crippen LogP contribution in [-0.4, -0.2) is 12.2 Å². The smallest absolute Gasteiger partial charge is 0.120 e. The van der Waals surface area contributed by atoms with E-state index in [1.165, 1.54) is 6.42 Å². The summed E-state index contributed by atoms with van der Waals surface area (Å²) >= 11 is 6.19. The number of hydrogen-bond donors (Lipinski definition) is 1. The molecular weight excluding hydrogens is 224 g/mol. The molecule has 0 spiro atoms. The Morgan fingerprint density at radius 3 is 2.50 bits per heavy atom. The molecule has 3 heteroatoms. The van der Waals surface area contributed by atoms with Crippen molar-refractivity contribution in [3.05, 3.63) is 28.8 Å². The average molecular weight is 241 g/mol. The number of aliphatic hydroxyl groups is 1. The van der Waals surface area contributed by atoms with Crippen LogP contribution < -0.4 is 4.74 Å². The lowest BCUT2D eigenvalue weighted by Crippen LogP contribution is -2.28. The van der Waals surface area contributed by atoms with Crippen LogP contribution in [0.1, 0.15) is 37.7 Å². The first-order chi connectivity index (χ1) is 7.65. The number of ether oxygens (including phenoxy) is 1. The van der Waals surface area contributed by atoms with Crippen LogP contribution >= 0.6 is 11.6 Å². The minimum absolute atomic E-state index is 0.601. The maximum absolute atomic E-state index is 10.6. The molecule has 0 bridgehead atoms. The molecule has 0 amide bonds. The van der Waals surface area contributed by atoms with Gasteiger partial charge in [0.25, 0.3) is 0 Å². The third-order valence-corrected chi connectivity index (χ3v) is 3.67. The topological polar surface area (TPSA) is 29.5 Å². The van der Waals surface area contributed by atoms with Crippen molar-refractivity contribution in [3.8, 4) is 5.75 Å². The molecule has 1 aromatic rings. The zero-order chi connectivity index (χ0) is 11.6. The highest BCUT2D eigenvalue weighted by molar-refractivity contribution is 6.31. The Balaban J connectivity index is 2.32. The lowest BCUT2D eigenvalue weighted by atomic mass is 9.80. The fourth-order valence-corrected chi connectivity index (χ4v) is 2.75. The van der Waals surface area contributed by atoms with Gasteiger partial charge in [-0.15, -0.1) is 0 Å². The molecule has 1 fully saturated rings. The lowest BCUT2D eigenvalue weighted by Gasteiger charge is -2.33. The van der Waals surface area contributed by atoms with Crippen LogP contribution in [0.25, 0.3) is 0 Å². The number of rotatable bonds is 2. The standard InChI is InChI=1S/C13H17ClO2/c1-16-10-5-6-11(12(14)9-10)13(15)7-3-2-4-8-13/h5-6,9,15H,2-4,7-8H2,1H3. The summed E-state index contributed by atoms with van der Waals surface area (Å²) in [5.41, 5.74) is 0.108. The minimum Gasteiger partial charge on any atom is -0.497 e. The molecule has 88 valence electrons. The first-order valence-electron chi connectivity index (χ1n) is 5.72. The Morgan fingerprint density at radius 2 is 1.94 bits per heavy atom. The first kappa shape index (κ1) is 11.7. The molecule has 1 aliphatic carbocycles. The van der Waals surface area contributed by atoms with E-state index in [1.807, 2.05) is 12.1 Å². The fourth-order valence-electron chi connectivity index (χ4n) is 2.41. The molecule has 1 aromatic carbocycles. The highest BCUT2D eigenvalue weighted by Gasteiger charge is 2.32. The van der Waals surface area contributed by atoms with Crippen molar-refractivity contribution in [1.82, 2.24) is 0 Å². The van der Waals surface area contributed by atoms with Gasteiger partial charge in [0, 0.05) is 5.56 Å². The van der Waals surface area contributed by atoms with Gasteiger partial charge in [-0.3, -0.25) is 0 Å². The SMILES string of the molecule is COc1ccc(C2(O)CCCCC2)c(Cl)c1. The zero-order valence-electron chi connectivity index (χ0n) is 9.50. The molecule has 0 atom stereocenters. The van der Waals surface area contributed by atoms with Gasteiger partial charge in [-0.2, -0.15) is 0 Å². The molecule has 2 nitrogen and oxygen atoms in total. The van der Waals surface area contributed by atoms with E-state index in [-0.39, 0.29) is 0 Å². The van der Waals surface area contributed by atoms with Gasteiger partial charge >= 0.3 is 0 Å². The molecular formula is C13H17ClO2. The number of benzene rings is 1. The van der Waals surface area contributed by atoms with E-state index in [1.54, 1.807) is 13.2 Å². The van der Waals surface area contributed by atoms with E-state index >= 15 is 0 Å². The highest BCUT2D eigenvalue weighted by atomic mass is 35.5. The molecule has 0 saturated heterocycles. The molecule has 1 aliphatic rings. The predicted molar refractivity (Wildman–Crippen MR) is 65.0 cm³/mol. The van der Waals surface area contributed by atoms with E-state index in [4.69, 9.17) is 16.3 Å². The second-order valence-electron chi connectivity index (χ2n) is 4.44. The summed E-state index contributed by atoms with van der Waals surface area (Å²) in [5, 5.41) is 11.2. The molecule has 0 radical (unpaired) electrons. The monoisotopic (exact) mass is 240 g/mol. The van der Waals surface area contributed by atoms with Gasteiger partial charge in [-0.05, 0) is 25.0 Å². The third-order valence-electron chi connectivity index (χ3n) is 3.36. The average Bonchev–Trinajstić information content (AvgIpc) is 2.29. The summed E-state index contributed by atoms with van der Waals surface area (Å²) < 4.78 is 5.10. The van der Waals surface area contributed by atoms with Gasteiger partial charge in [0.05, 0.1) is 17.7 Å². The summed E-state index contributed by atoms with van der Waals surface area (Å²) in [6.45, 7) is 0. The van der Waals surface area contributed by atoms with Gasteiger partial charge < -0.3 is 9.84 Å². The van der Waals surface area contributed by atoms with E-state index in [2.05, 4.69) is 0 Å². The second kappa shape index (κ2) is 4.64. The Morgan fingerprint density at radius 1 is 1.25 bits per heavy atom. The van der Waals surface area contributed by atoms with Crippen LogP contribution in [-0.2, 0) is 5.60 Å². The van der Waals surface area contributed by atoms with E-state index < -0.39 is 5.60 Å². The van der Waals surface area contributed by atoms with Crippen molar-refractivity contribution in [2.24, 2.45) is 0 Å². The quantitative estimate of drug-likeness (QED) is 0.858. The van der Waals surface area contributed by atoms with Crippen molar-refractivity contribution >= 4 is 11.6 Å². The Kier molecular flexibility index (Phi) is 3.41. The molecule has 0 aliphatic heterocycles. The Bertz CT molecular complexity index is 370. The Labute approximate surface area is 101 Å². The summed E-state index contributed by atoms with van der Waals surface area (Å²) in [4.78, 5) is 0. The summed E-state index contributed by atoms with van der Waals surface area (Å²) in [5.74, 6) is 0.730. The van der Waals surface area contributed by atoms with Gasteiger partial charge in [0.15, 0.2) is 0 Å². The van der Waals surface area contributed by atoms with Gasteiger partial charge in [0.2, 0.25) is 0 Å². The van der Waals surface area contributed by atoms with Gasteiger partial charge in [-0.1, -0.05) is 36.9 Å². The van der Waals surface area contributed by atoms with Crippen molar-refractivity contribution in [2.45, 2.75) is 37.7 Å². The van der Waals surface area contributed by atoms with E-state index in [9.17, 15) is 5.11 Å². The number of hydrogen-bond acceptors (Lipinski definition) is 2. The fraction of sp³-hybridized carbons (Fsp3) is 0.538. The molecule has 1 N–H and O–H groups in total. The molecule has 0 heterocycles. The van der Waals surface area contributed by atoms with Crippen molar-refractivity contribution in [2.75, 3.05) is 7.11 Å². The number of methoxy groups -OCH3 is 1. The normalized spacial score (nSPS) is 19.4. The zero-order valence-corrected chi connectivity index (χ0v) is 10.3. The molecule has 1 saturated carbocycles. The second-order valence-corrected chi connectivity index (χ2v) is 4.85. The largest absolute Gasteiger partial charge is 0.497 e. The molecule has 16 heavy (non-hydrogen) atoms. The maximum atomic E-state index is 10.6. The first-order valence-corrected chi connectivity index (χ1v) is 6.10. The van der Waals surface area contributed by atoms with Crippen molar-refractivity contribution in [3.63, 3.8) is 0 Å². The predicted octanol–water partition coefficient (Wildman–Crippen LogP) is 3.50. The molecule has 0 aromatic heterocycles. The lowest BCUT2D eigenvalue weighted by molar-refractivity contribution is -0.000552. The highest BCUT2D eigenvalue weighted by Crippen LogP contribution is 2.40. The van der Waals surface area contributed by atoms with Crippen LogP contribution in [0.4, 0.5) is 0 Å². The number of halogens is 1. The van der Waals surface area contributed by atoms with Crippen molar-refractivity contribution < 1.29 is 9.84 Å². The minimum atomic E-state index is -0.735. The van der Waals surface area contributed by atoms with Crippen LogP contribution in [0.2, 0.25) is 5.02 Å². The van der Waals surface area contributed by atoms with Crippen LogP contribution in [0.5, 0.6) is 5.75 Å². The van der Waals surface area contributed by atoms with Crippen molar-refractivity contribution in [1.29, 1.82) is 0 Å². The Hall–Kier alpha value is -0.730. The summed E-state index contributed by atoms with van der Waals surface area (Å²) in [6.07, 6.45) is 4.95. The molecule has 2 rings (SSSR count).